The third-order valence-corrected chi connectivity index (χ3v) is 3.20. The van der Waals surface area contributed by atoms with Gasteiger partial charge in [0.15, 0.2) is 0 Å². The molecule has 0 radical (unpaired) electrons. The monoisotopic (exact) mass is 196 g/mol. The second-order valence-electron chi connectivity index (χ2n) is 4.64. The Balaban J connectivity index is 2.65. The van der Waals surface area contributed by atoms with Crippen molar-refractivity contribution in [3.8, 4) is 0 Å². The van der Waals surface area contributed by atoms with E-state index in [1.165, 1.54) is 32.1 Å². The van der Waals surface area contributed by atoms with Crippen LogP contribution in [0.2, 0.25) is 0 Å². The molecule has 0 aromatic heterocycles. The van der Waals surface area contributed by atoms with Crippen molar-refractivity contribution in [1.82, 2.24) is 4.90 Å². The molecule has 0 aromatic carbocycles. The van der Waals surface area contributed by atoms with Crippen LogP contribution in [-0.2, 0) is 0 Å². The Bertz CT molecular complexity index is 187. The summed E-state index contributed by atoms with van der Waals surface area (Å²) in [5.74, 6) is 1.22. The molecule has 1 atom stereocenters. The number of amidine groups is 1. The lowest BCUT2D eigenvalue weighted by Crippen LogP contribution is -2.41. The molecule has 1 unspecified atom stereocenters. The fraction of sp³-hybridized carbons (Fsp3) is 0.917. The van der Waals surface area contributed by atoms with Gasteiger partial charge in [-0.25, -0.2) is 0 Å². The fourth-order valence-electron chi connectivity index (χ4n) is 2.25. The molecule has 1 saturated heterocycles. The van der Waals surface area contributed by atoms with Gasteiger partial charge >= 0.3 is 0 Å². The van der Waals surface area contributed by atoms with Gasteiger partial charge in [-0.15, -0.1) is 0 Å². The van der Waals surface area contributed by atoms with Crippen molar-refractivity contribution in [2.45, 2.75) is 58.9 Å². The molecule has 0 aromatic rings. The van der Waals surface area contributed by atoms with Crippen molar-refractivity contribution in [2.24, 2.45) is 5.92 Å². The van der Waals surface area contributed by atoms with Crippen LogP contribution in [0.1, 0.15) is 52.9 Å². The lowest BCUT2D eigenvalue weighted by molar-refractivity contribution is 0.293. The molecule has 82 valence electrons. The molecule has 2 nitrogen and oxygen atoms in total. The molecule has 1 aliphatic rings. The zero-order valence-corrected chi connectivity index (χ0v) is 9.84. The number of rotatable bonds is 2. The van der Waals surface area contributed by atoms with E-state index in [1.807, 2.05) is 0 Å². The third kappa shape index (κ3) is 2.73. The van der Waals surface area contributed by atoms with E-state index in [2.05, 4.69) is 25.7 Å². The van der Waals surface area contributed by atoms with Gasteiger partial charge in [0.05, 0.1) is 5.84 Å². The normalized spacial score (nSPS) is 23.7. The van der Waals surface area contributed by atoms with Crippen molar-refractivity contribution in [3.63, 3.8) is 0 Å². The minimum absolute atomic E-state index is 0.377. The first kappa shape index (κ1) is 11.5. The maximum atomic E-state index is 8.09. The minimum atomic E-state index is 0.377. The van der Waals surface area contributed by atoms with Gasteiger partial charge in [0, 0.05) is 18.5 Å². The standard InChI is InChI=1S/C12H24N2/c1-4-11-8-6-5-7-9-14(11)12(13)10(2)3/h10-11,13H,4-9H2,1-3H3. The van der Waals surface area contributed by atoms with Gasteiger partial charge in [-0.2, -0.15) is 0 Å². The fourth-order valence-corrected chi connectivity index (χ4v) is 2.25. The van der Waals surface area contributed by atoms with Crippen molar-refractivity contribution in [2.75, 3.05) is 6.54 Å². The third-order valence-electron chi connectivity index (χ3n) is 3.20. The molecule has 1 rings (SSSR count). The van der Waals surface area contributed by atoms with E-state index in [9.17, 15) is 0 Å². The Labute approximate surface area is 88.2 Å². The Morgan fingerprint density at radius 1 is 1.36 bits per heavy atom. The lowest BCUT2D eigenvalue weighted by atomic mass is 10.1. The van der Waals surface area contributed by atoms with E-state index in [-0.39, 0.29) is 0 Å². The second-order valence-corrected chi connectivity index (χ2v) is 4.64. The van der Waals surface area contributed by atoms with Crippen molar-refractivity contribution in [3.05, 3.63) is 0 Å². The quantitative estimate of drug-likeness (QED) is 0.532. The van der Waals surface area contributed by atoms with Crippen LogP contribution in [0.25, 0.3) is 0 Å². The van der Waals surface area contributed by atoms with Crippen LogP contribution in [0.4, 0.5) is 0 Å². The van der Waals surface area contributed by atoms with Crippen LogP contribution < -0.4 is 0 Å². The zero-order chi connectivity index (χ0) is 10.6. The summed E-state index contributed by atoms with van der Waals surface area (Å²) in [4.78, 5) is 2.34. The van der Waals surface area contributed by atoms with Crippen LogP contribution in [0.3, 0.4) is 0 Å². The molecule has 0 spiro atoms. The topological polar surface area (TPSA) is 27.1 Å². The van der Waals surface area contributed by atoms with Gasteiger partial charge < -0.3 is 4.90 Å². The molecule has 0 aliphatic carbocycles. The highest BCUT2D eigenvalue weighted by Gasteiger charge is 2.22. The van der Waals surface area contributed by atoms with Crippen LogP contribution in [0, 0.1) is 11.3 Å². The summed E-state index contributed by atoms with van der Waals surface area (Å²) >= 11 is 0. The van der Waals surface area contributed by atoms with Crippen LogP contribution in [0.15, 0.2) is 0 Å². The number of hydrogen-bond donors (Lipinski definition) is 1. The highest BCUT2D eigenvalue weighted by molar-refractivity contribution is 5.81. The first-order chi connectivity index (χ1) is 6.66. The van der Waals surface area contributed by atoms with E-state index in [1.54, 1.807) is 0 Å². The summed E-state index contributed by atoms with van der Waals surface area (Å²) in [6.07, 6.45) is 6.44. The predicted octanol–water partition coefficient (Wildman–Crippen LogP) is 3.27. The highest BCUT2D eigenvalue weighted by atomic mass is 15.2. The summed E-state index contributed by atoms with van der Waals surface area (Å²) in [6.45, 7) is 7.60. The van der Waals surface area contributed by atoms with Gasteiger partial charge in [-0.1, -0.05) is 33.6 Å². The summed E-state index contributed by atoms with van der Waals surface area (Å²) < 4.78 is 0. The first-order valence-corrected chi connectivity index (χ1v) is 6.02. The van der Waals surface area contributed by atoms with E-state index in [0.717, 1.165) is 12.4 Å². The smallest absolute Gasteiger partial charge is 0.0986 e. The predicted molar refractivity (Wildman–Crippen MR) is 61.8 cm³/mol. The van der Waals surface area contributed by atoms with Crippen LogP contribution in [-0.4, -0.2) is 23.3 Å². The zero-order valence-electron chi connectivity index (χ0n) is 9.84. The first-order valence-electron chi connectivity index (χ1n) is 6.02. The summed E-state index contributed by atoms with van der Waals surface area (Å²) in [5.41, 5.74) is 0. The minimum Gasteiger partial charge on any atom is -0.357 e. The molecule has 0 saturated carbocycles. The second kappa shape index (κ2) is 5.38. The molecule has 1 aliphatic heterocycles. The Morgan fingerprint density at radius 3 is 2.64 bits per heavy atom. The van der Waals surface area contributed by atoms with Crippen molar-refractivity contribution >= 4 is 5.84 Å². The molecular weight excluding hydrogens is 172 g/mol. The molecule has 1 heterocycles. The van der Waals surface area contributed by atoms with E-state index >= 15 is 0 Å². The summed E-state index contributed by atoms with van der Waals surface area (Å²) in [7, 11) is 0. The maximum Gasteiger partial charge on any atom is 0.0986 e. The number of nitrogens with zero attached hydrogens (tertiary/aromatic N) is 1. The maximum absolute atomic E-state index is 8.09. The van der Waals surface area contributed by atoms with Crippen molar-refractivity contribution < 1.29 is 0 Å². The highest BCUT2D eigenvalue weighted by Crippen LogP contribution is 2.20. The van der Waals surface area contributed by atoms with Gasteiger partial charge in [0.1, 0.15) is 0 Å². The average molecular weight is 196 g/mol. The Kier molecular flexibility index (Phi) is 4.43. The average Bonchev–Trinajstić information content (AvgIpc) is 2.40. The largest absolute Gasteiger partial charge is 0.357 e. The van der Waals surface area contributed by atoms with Gasteiger partial charge in [-0.05, 0) is 19.3 Å². The molecule has 2 heteroatoms. The van der Waals surface area contributed by atoms with E-state index in [0.29, 0.717) is 12.0 Å². The van der Waals surface area contributed by atoms with Gasteiger partial charge in [-0.3, -0.25) is 5.41 Å². The van der Waals surface area contributed by atoms with Crippen LogP contribution >= 0.6 is 0 Å². The molecular formula is C12H24N2. The molecule has 0 bridgehead atoms. The summed E-state index contributed by atoms with van der Waals surface area (Å²) in [6, 6.07) is 0.632. The SMILES string of the molecule is CCC1CCCCCN1C(=N)C(C)C. The molecule has 1 fully saturated rings. The number of nitrogens with one attached hydrogen (secondary N) is 1. The Hall–Kier alpha value is -0.530. The van der Waals surface area contributed by atoms with Crippen molar-refractivity contribution in [1.29, 1.82) is 5.41 Å². The molecule has 1 N–H and O–H groups in total. The van der Waals surface area contributed by atoms with Crippen LogP contribution in [0.5, 0.6) is 0 Å². The molecule has 0 amide bonds. The number of likely N-dealkylation sites (tertiary alicyclic amines) is 1. The summed E-state index contributed by atoms with van der Waals surface area (Å²) in [5, 5.41) is 8.09. The lowest BCUT2D eigenvalue weighted by Gasteiger charge is -2.33. The van der Waals surface area contributed by atoms with Gasteiger partial charge in [0.2, 0.25) is 0 Å². The molecule has 14 heavy (non-hydrogen) atoms. The van der Waals surface area contributed by atoms with E-state index in [4.69, 9.17) is 5.41 Å². The van der Waals surface area contributed by atoms with Gasteiger partial charge in [0.25, 0.3) is 0 Å². The Morgan fingerprint density at radius 2 is 2.07 bits per heavy atom. The van der Waals surface area contributed by atoms with E-state index < -0.39 is 0 Å². The number of hydrogen-bond acceptors (Lipinski definition) is 1.